The molecule has 3 rings (SSSR count). The maximum Gasteiger partial charge on any atom is 0.318 e. The van der Waals surface area contributed by atoms with E-state index in [1.807, 2.05) is 13.0 Å². The first kappa shape index (κ1) is 21.1. The zero-order valence-electron chi connectivity index (χ0n) is 17.8. The van der Waals surface area contributed by atoms with Crippen molar-refractivity contribution in [1.82, 2.24) is 0 Å². The van der Waals surface area contributed by atoms with E-state index >= 15 is 0 Å². The predicted molar refractivity (Wildman–Crippen MR) is 114 cm³/mol. The van der Waals surface area contributed by atoms with Crippen molar-refractivity contribution >= 4 is 11.8 Å². The van der Waals surface area contributed by atoms with Crippen LogP contribution in [0.4, 0.5) is 0 Å². The highest BCUT2D eigenvalue weighted by Gasteiger charge is 2.36. The Morgan fingerprint density at radius 3 is 1.93 bits per heavy atom. The van der Waals surface area contributed by atoms with Crippen molar-refractivity contribution < 1.29 is 19.1 Å². The molecule has 0 spiro atoms. The van der Waals surface area contributed by atoms with Gasteiger partial charge in [0.2, 0.25) is 0 Å². The van der Waals surface area contributed by atoms with Crippen LogP contribution in [0.5, 0.6) is 11.5 Å². The second-order valence-electron chi connectivity index (χ2n) is 8.16. The van der Waals surface area contributed by atoms with Crippen molar-refractivity contribution in [2.75, 3.05) is 7.11 Å². The Morgan fingerprint density at radius 2 is 1.45 bits per heavy atom. The van der Waals surface area contributed by atoms with Gasteiger partial charge in [0.1, 0.15) is 23.7 Å². The summed E-state index contributed by atoms with van der Waals surface area (Å²) < 4.78 is 10.9. The minimum absolute atomic E-state index is 0.0397. The summed E-state index contributed by atoms with van der Waals surface area (Å²) in [4.78, 5) is 23.0. The van der Waals surface area contributed by atoms with Gasteiger partial charge in [-0.25, -0.2) is 0 Å². The third-order valence-corrected chi connectivity index (χ3v) is 6.00. The summed E-state index contributed by atoms with van der Waals surface area (Å²) in [5, 5.41) is 0. The SMILES string of the molecule is COc1ccc(C2(c3ccc(OC(=O)CC(C)=O)c(C)c3)CCCCC2)cc1C. The zero-order valence-corrected chi connectivity index (χ0v) is 17.8. The van der Waals surface area contributed by atoms with E-state index in [2.05, 4.69) is 37.3 Å². The monoisotopic (exact) mass is 394 g/mol. The second-order valence-corrected chi connectivity index (χ2v) is 8.16. The number of benzene rings is 2. The first-order valence-corrected chi connectivity index (χ1v) is 10.3. The largest absolute Gasteiger partial charge is 0.496 e. The van der Waals surface area contributed by atoms with Gasteiger partial charge in [0.25, 0.3) is 0 Å². The fraction of sp³-hybridized carbons (Fsp3) is 0.440. The van der Waals surface area contributed by atoms with Crippen molar-refractivity contribution in [2.24, 2.45) is 0 Å². The minimum atomic E-state index is -0.508. The predicted octanol–water partition coefficient (Wildman–Crippen LogP) is 5.45. The van der Waals surface area contributed by atoms with E-state index in [4.69, 9.17) is 9.47 Å². The highest BCUT2D eigenvalue weighted by atomic mass is 16.5. The van der Waals surface area contributed by atoms with Gasteiger partial charge in [-0.2, -0.15) is 0 Å². The molecule has 1 fully saturated rings. The van der Waals surface area contributed by atoms with Crippen LogP contribution in [0.15, 0.2) is 36.4 Å². The fourth-order valence-electron chi connectivity index (χ4n) is 4.50. The summed E-state index contributed by atoms with van der Waals surface area (Å²) >= 11 is 0. The average molecular weight is 395 g/mol. The summed E-state index contributed by atoms with van der Waals surface area (Å²) in [5.41, 5.74) is 4.58. The van der Waals surface area contributed by atoms with Gasteiger partial charge in [-0.3, -0.25) is 9.59 Å². The number of Topliss-reactive ketones (excluding diaryl/α,β-unsaturated/α-hetero) is 1. The molecule has 0 N–H and O–H groups in total. The molecule has 29 heavy (non-hydrogen) atoms. The van der Waals surface area contributed by atoms with Crippen LogP contribution in [0.1, 0.15) is 67.7 Å². The number of ether oxygens (including phenoxy) is 2. The summed E-state index contributed by atoms with van der Waals surface area (Å²) in [6, 6.07) is 12.6. The van der Waals surface area contributed by atoms with Gasteiger partial charge in [-0.15, -0.1) is 0 Å². The molecule has 4 heteroatoms. The topological polar surface area (TPSA) is 52.6 Å². The molecule has 0 saturated heterocycles. The normalized spacial score (nSPS) is 15.6. The Labute approximate surface area is 173 Å². The molecule has 0 unspecified atom stereocenters. The molecule has 154 valence electrons. The summed E-state index contributed by atoms with van der Waals surface area (Å²) in [7, 11) is 1.70. The molecule has 1 aliphatic carbocycles. The number of methoxy groups -OCH3 is 1. The van der Waals surface area contributed by atoms with Crippen LogP contribution in [-0.4, -0.2) is 18.9 Å². The lowest BCUT2D eigenvalue weighted by molar-refractivity contribution is -0.137. The van der Waals surface area contributed by atoms with E-state index in [-0.39, 0.29) is 17.6 Å². The minimum Gasteiger partial charge on any atom is -0.496 e. The average Bonchev–Trinajstić information content (AvgIpc) is 2.69. The van der Waals surface area contributed by atoms with Crippen LogP contribution in [0.25, 0.3) is 0 Å². The Bertz CT molecular complexity index is 907. The molecule has 0 amide bonds. The third-order valence-electron chi connectivity index (χ3n) is 6.00. The van der Waals surface area contributed by atoms with Gasteiger partial charge in [-0.1, -0.05) is 43.5 Å². The highest BCUT2D eigenvalue weighted by molar-refractivity contribution is 5.95. The van der Waals surface area contributed by atoms with Crippen molar-refractivity contribution in [1.29, 1.82) is 0 Å². The number of carbonyl (C=O) groups excluding carboxylic acids is 2. The maximum absolute atomic E-state index is 11.9. The van der Waals surface area contributed by atoms with Gasteiger partial charge >= 0.3 is 5.97 Å². The Kier molecular flexibility index (Phi) is 6.41. The standard InChI is InChI=1S/C25H30O4/c1-17-14-20(8-10-22(17)28-4)25(12-6-5-7-13-25)21-9-11-23(18(2)15-21)29-24(27)16-19(3)26/h8-11,14-15H,5-7,12-13,16H2,1-4H3. The van der Waals surface area contributed by atoms with E-state index < -0.39 is 5.97 Å². The Hall–Kier alpha value is -2.62. The van der Waals surface area contributed by atoms with Crippen LogP contribution in [0.2, 0.25) is 0 Å². The molecule has 0 atom stereocenters. The Morgan fingerprint density at radius 1 is 0.897 bits per heavy atom. The lowest BCUT2D eigenvalue weighted by atomic mass is 9.65. The van der Waals surface area contributed by atoms with Crippen LogP contribution < -0.4 is 9.47 Å². The molecule has 0 aromatic heterocycles. The zero-order chi connectivity index (χ0) is 21.0. The molecule has 2 aromatic rings. The van der Waals surface area contributed by atoms with Crippen LogP contribution in [0, 0.1) is 13.8 Å². The van der Waals surface area contributed by atoms with Gasteiger partial charge in [0.05, 0.1) is 7.11 Å². The van der Waals surface area contributed by atoms with E-state index in [0.29, 0.717) is 5.75 Å². The van der Waals surface area contributed by atoms with E-state index in [9.17, 15) is 9.59 Å². The van der Waals surface area contributed by atoms with Crippen molar-refractivity contribution in [3.8, 4) is 11.5 Å². The van der Waals surface area contributed by atoms with Crippen LogP contribution >= 0.6 is 0 Å². The van der Waals surface area contributed by atoms with E-state index in [1.54, 1.807) is 7.11 Å². The first-order valence-electron chi connectivity index (χ1n) is 10.3. The number of hydrogen-bond donors (Lipinski definition) is 0. The van der Waals surface area contributed by atoms with Crippen molar-refractivity contribution in [2.45, 2.75) is 64.7 Å². The van der Waals surface area contributed by atoms with Gasteiger partial charge in [0.15, 0.2) is 0 Å². The molecular weight excluding hydrogens is 364 g/mol. The van der Waals surface area contributed by atoms with Crippen molar-refractivity contribution in [3.05, 3.63) is 58.7 Å². The van der Waals surface area contributed by atoms with E-state index in [1.165, 1.54) is 37.3 Å². The lowest BCUT2D eigenvalue weighted by Crippen LogP contribution is -2.30. The molecule has 0 aliphatic heterocycles. The molecule has 4 nitrogen and oxygen atoms in total. The lowest BCUT2D eigenvalue weighted by Gasteiger charge is -2.39. The summed E-state index contributed by atoms with van der Waals surface area (Å²) in [6.07, 6.45) is 5.65. The Balaban J connectivity index is 1.97. The van der Waals surface area contributed by atoms with E-state index in [0.717, 1.165) is 29.7 Å². The number of aryl methyl sites for hydroxylation is 2. The van der Waals surface area contributed by atoms with Crippen LogP contribution in [-0.2, 0) is 15.0 Å². The molecule has 1 aliphatic rings. The molecular formula is C25H30O4. The summed E-state index contributed by atoms with van der Waals surface area (Å²) in [6.45, 7) is 5.43. The number of rotatable bonds is 6. The number of esters is 1. The first-order chi connectivity index (χ1) is 13.9. The molecule has 0 heterocycles. The van der Waals surface area contributed by atoms with Gasteiger partial charge in [0, 0.05) is 5.41 Å². The smallest absolute Gasteiger partial charge is 0.318 e. The third kappa shape index (κ3) is 4.52. The fourth-order valence-corrected chi connectivity index (χ4v) is 4.50. The number of carbonyl (C=O) groups is 2. The summed E-state index contributed by atoms with van der Waals surface area (Å²) in [5.74, 6) is 0.729. The molecule has 2 aromatic carbocycles. The van der Waals surface area contributed by atoms with Gasteiger partial charge < -0.3 is 9.47 Å². The second kappa shape index (κ2) is 8.81. The number of hydrogen-bond acceptors (Lipinski definition) is 4. The van der Waals surface area contributed by atoms with Crippen molar-refractivity contribution in [3.63, 3.8) is 0 Å². The highest BCUT2D eigenvalue weighted by Crippen LogP contribution is 2.46. The number of ketones is 1. The molecule has 0 radical (unpaired) electrons. The maximum atomic E-state index is 11.9. The quantitative estimate of drug-likeness (QED) is 0.371. The molecule has 1 saturated carbocycles. The molecule has 0 bridgehead atoms. The van der Waals surface area contributed by atoms with Gasteiger partial charge in [-0.05, 0) is 68.0 Å². The van der Waals surface area contributed by atoms with Crippen LogP contribution in [0.3, 0.4) is 0 Å².